The first-order chi connectivity index (χ1) is 16.6. The highest BCUT2D eigenvalue weighted by atomic mass is 16.5. The molecule has 2 fully saturated rings. The van der Waals surface area contributed by atoms with E-state index in [0.717, 1.165) is 70.1 Å². The number of methoxy groups -OCH3 is 2. The highest BCUT2D eigenvalue weighted by molar-refractivity contribution is 5.94. The van der Waals surface area contributed by atoms with Crippen molar-refractivity contribution < 1.29 is 19.1 Å². The molecule has 186 valence electrons. The van der Waals surface area contributed by atoms with E-state index < -0.39 is 0 Å². The van der Waals surface area contributed by atoms with Crippen molar-refractivity contribution in [2.45, 2.75) is 63.6 Å². The molecule has 4 rings (SSSR count). The third kappa shape index (κ3) is 6.16. The van der Waals surface area contributed by atoms with Gasteiger partial charge in [-0.1, -0.05) is 12.8 Å². The number of ether oxygens (including phenoxy) is 2. The Labute approximate surface area is 202 Å². The maximum Gasteiger partial charge on any atom is 0.252 e. The SMILES string of the molecule is COC1CC(OC)CC(C(=O)N2CCC(CCCCNC(=O)c3ccc4nccn4c3)CC2)C1. The summed E-state index contributed by atoms with van der Waals surface area (Å²) in [6.45, 7) is 2.38. The van der Waals surface area contributed by atoms with Crippen molar-refractivity contribution in [3.05, 3.63) is 36.3 Å². The highest BCUT2D eigenvalue weighted by Crippen LogP contribution is 2.31. The second-order valence-corrected chi connectivity index (χ2v) is 9.75. The van der Waals surface area contributed by atoms with E-state index in [9.17, 15) is 9.59 Å². The number of likely N-dealkylation sites (tertiary alicyclic amines) is 1. The molecule has 1 saturated carbocycles. The summed E-state index contributed by atoms with van der Waals surface area (Å²) in [5.41, 5.74) is 1.48. The quantitative estimate of drug-likeness (QED) is 0.569. The number of unbranched alkanes of at least 4 members (excludes halogenated alkanes) is 1. The molecular weight excluding hydrogens is 432 g/mol. The van der Waals surface area contributed by atoms with Crippen molar-refractivity contribution >= 4 is 17.5 Å². The number of imidazole rings is 1. The molecule has 2 atom stereocenters. The zero-order valence-corrected chi connectivity index (χ0v) is 20.4. The van der Waals surface area contributed by atoms with E-state index in [1.807, 2.05) is 28.9 Å². The number of aromatic nitrogens is 2. The molecule has 2 amide bonds. The Kier molecular flexibility index (Phi) is 8.56. The average molecular weight is 471 g/mol. The molecule has 0 spiro atoms. The van der Waals surface area contributed by atoms with Crippen LogP contribution in [0.25, 0.3) is 5.65 Å². The first-order valence-electron chi connectivity index (χ1n) is 12.6. The summed E-state index contributed by atoms with van der Waals surface area (Å²) in [5.74, 6) is 0.905. The summed E-state index contributed by atoms with van der Waals surface area (Å²) in [6.07, 6.45) is 13.4. The fourth-order valence-electron chi connectivity index (χ4n) is 5.42. The third-order valence-corrected chi connectivity index (χ3v) is 7.54. The third-order valence-electron chi connectivity index (χ3n) is 7.54. The Morgan fingerprint density at radius 3 is 2.50 bits per heavy atom. The van der Waals surface area contributed by atoms with E-state index in [1.165, 1.54) is 0 Å². The molecule has 0 aromatic carbocycles. The number of pyridine rings is 1. The van der Waals surface area contributed by atoms with E-state index in [4.69, 9.17) is 9.47 Å². The lowest BCUT2D eigenvalue weighted by molar-refractivity contribution is -0.142. The fourth-order valence-corrected chi connectivity index (χ4v) is 5.42. The number of rotatable bonds is 9. The second-order valence-electron chi connectivity index (χ2n) is 9.75. The van der Waals surface area contributed by atoms with Crippen molar-refractivity contribution in [3.8, 4) is 0 Å². The number of piperidine rings is 1. The van der Waals surface area contributed by atoms with Gasteiger partial charge in [-0.2, -0.15) is 0 Å². The summed E-state index contributed by atoms with van der Waals surface area (Å²) >= 11 is 0. The van der Waals surface area contributed by atoms with Gasteiger partial charge in [-0.15, -0.1) is 0 Å². The van der Waals surface area contributed by atoms with Crippen LogP contribution in [0.2, 0.25) is 0 Å². The van der Waals surface area contributed by atoms with Crippen LogP contribution in [0, 0.1) is 11.8 Å². The Morgan fingerprint density at radius 2 is 1.79 bits per heavy atom. The molecule has 1 aliphatic carbocycles. The van der Waals surface area contributed by atoms with Gasteiger partial charge in [0.05, 0.1) is 17.8 Å². The lowest BCUT2D eigenvalue weighted by Gasteiger charge is -2.38. The zero-order chi connectivity index (χ0) is 23.9. The molecule has 0 radical (unpaired) electrons. The summed E-state index contributed by atoms with van der Waals surface area (Å²) in [5, 5.41) is 3.02. The normalized spacial score (nSPS) is 23.8. The Balaban J connectivity index is 1.12. The number of nitrogens with zero attached hydrogens (tertiary/aromatic N) is 3. The van der Waals surface area contributed by atoms with Crippen LogP contribution in [0.4, 0.5) is 0 Å². The van der Waals surface area contributed by atoms with Crippen LogP contribution in [0.1, 0.15) is 61.7 Å². The minimum Gasteiger partial charge on any atom is -0.381 e. The molecule has 1 saturated heterocycles. The zero-order valence-electron chi connectivity index (χ0n) is 20.4. The van der Waals surface area contributed by atoms with Crippen LogP contribution in [0.5, 0.6) is 0 Å². The van der Waals surface area contributed by atoms with Gasteiger partial charge in [0.1, 0.15) is 5.65 Å². The topological polar surface area (TPSA) is 85.2 Å². The van der Waals surface area contributed by atoms with Crippen LogP contribution >= 0.6 is 0 Å². The van der Waals surface area contributed by atoms with Crippen molar-refractivity contribution in [2.24, 2.45) is 11.8 Å². The molecule has 8 heteroatoms. The van der Waals surface area contributed by atoms with Gasteiger partial charge in [0.15, 0.2) is 0 Å². The predicted octanol–water partition coefficient (Wildman–Crippen LogP) is 3.30. The first kappa shape index (κ1) is 24.7. The lowest BCUT2D eigenvalue weighted by Crippen LogP contribution is -2.45. The van der Waals surface area contributed by atoms with Crippen molar-refractivity contribution in [2.75, 3.05) is 33.9 Å². The average Bonchev–Trinajstić information content (AvgIpc) is 3.36. The number of nitrogens with one attached hydrogen (secondary N) is 1. The second kappa shape index (κ2) is 11.8. The number of fused-ring (bicyclic) bond motifs is 1. The molecule has 2 aromatic rings. The van der Waals surface area contributed by atoms with Crippen molar-refractivity contribution in [3.63, 3.8) is 0 Å². The molecule has 2 aliphatic rings. The van der Waals surface area contributed by atoms with Crippen LogP contribution < -0.4 is 5.32 Å². The maximum atomic E-state index is 13.1. The number of carbonyl (C=O) groups is 2. The van der Waals surface area contributed by atoms with E-state index in [-0.39, 0.29) is 29.9 Å². The molecule has 3 heterocycles. The number of carbonyl (C=O) groups excluding carboxylic acids is 2. The Hall–Kier alpha value is -2.45. The summed E-state index contributed by atoms with van der Waals surface area (Å²) < 4.78 is 12.9. The highest BCUT2D eigenvalue weighted by Gasteiger charge is 2.36. The molecule has 2 aromatic heterocycles. The monoisotopic (exact) mass is 470 g/mol. The van der Waals surface area contributed by atoms with E-state index in [1.54, 1.807) is 20.4 Å². The smallest absolute Gasteiger partial charge is 0.252 e. The van der Waals surface area contributed by atoms with Gasteiger partial charge in [-0.05, 0) is 56.6 Å². The fraction of sp³-hybridized carbons (Fsp3) is 0.654. The summed E-state index contributed by atoms with van der Waals surface area (Å²) in [6, 6.07) is 3.66. The number of hydrogen-bond acceptors (Lipinski definition) is 5. The summed E-state index contributed by atoms with van der Waals surface area (Å²) in [7, 11) is 3.45. The molecule has 2 unspecified atom stereocenters. The van der Waals surface area contributed by atoms with Gasteiger partial charge in [-0.25, -0.2) is 4.98 Å². The van der Waals surface area contributed by atoms with Gasteiger partial charge in [0.2, 0.25) is 5.91 Å². The first-order valence-corrected chi connectivity index (χ1v) is 12.6. The van der Waals surface area contributed by atoms with Crippen molar-refractivity contribution in [1.29, 1.82) is 0 Å². The predicted molar refractivity (Wildman–Crippen MR) is 130 cm³/mol. The maximum absolute atomic E-state index is 13.1. The standard InChI is InChI=1S/C26H38N4O4/c1-33-22-15-21(16-23(17-22)34-2)26(32)29-12-8-19(9-13-29)5-3-4-10-28-25(31)20-6-7-24-27-11-14-30(24)18-20/h6-7,11,14,18-19,21-23H,3-5,8-10,12-13,15-17H2,1-2H3,(H,28,31). The van der Waals surface area contributed by atoms with Gasteiger partial charge in [-0.3, -0.25) is 9.59 Å². The van der Waals surface area contributed by atoms with Gasteiger partial charge in [0.25, 0.3) is 5.91 Å². The Bertz CT molecular complexity index is 941. The van der Waals surface area contributed by atoms with Crippen LogP contribution in [-0.2, 0) is 14.3 Å². The van der Waals surface area contributed by atoms with Gasteiger partial charge >= 0.3 is 0 Å². The number of hydrogen-bond donors (Lipinski definition) is 1. The summed E-state index contributed by atoms with van der Waals surface area (Å²) in [4.78, 5) is 31.7. The van der Waals surface area contributed by atoms with E-state index in [2.05, 4.69) is 15.2 Å². The van der Waals surface area contributed by atoms with Gasteiger partial charge < -0.3 is 24.1 Å². The minimum atomic E-state index is -0.0449. The molecule has 1 aliphatic heterocycles. The lowest BCUT2D eigenvalue weighted by atomic mass is 9.83. The molecule has 1 N–H and O–H groups in total. The van der Waals surface area contributed by atoms with Crippen LogP contribution in [-0.4, -0.2) is 72.2 Å². The largest absolute Gasteiger partial charge is 0.381 e. The molecule has 8 nitrogen and oxygen atoms in total. The van der Waals surface area contributed by atoms with Crippen LogP contribution in [0.15, 0.2) is 30.7 Å². The molecular formula is C26H38N4O4. The van der Waals surface area contributed by atoms with Crippen molar-refractivity contribution in [1.82, 2.24) is 19.6 Å². The van der Waals surface area contributed by atoms with E-state index >= 15 is 0 Å². The number of amides is 2. The van der Waals surface area contributed by atoms with Gasteiger partial charge in [0, 0.05) is 58.4 Å². The van der Waals surface area contributed by atoms with E-state index in [0.29, 0.717) is 18.0 Å². The molecule has 34 heavy (non-hydrogen) atoms. The molecule has 0 bridgehead atoms. The Morgan fingerprint density at radius 1 is 1.06 bits per heavy atom. The minimum absolute atomic E-state index is 0.0123. The van der Waals surface area contributed by atoms with Crippen LogP contribution in [0.3, 0.4) is 0 Å².